The fourth-order valence-corrected chi connectivity index (χ4v) is 2.26. The van der Waals surface area contributed by atoms with Gasteiger partial charge in [-0.05, 0) is 17.2 Å². The van der Waals surface area contributed by atoms with Gasteiger partial charge in [-0.1, -0.05) is 35.9 Å². The van der Waals surface area contributed by atoms with E-state index >= 15 is 0 Å². The van der Waals surface area contributed by atoms with Gasteiger partial charge in [-0.25, -0.2) is 0 Å². The lowest BCUT2D eigenvalue weighted by Crippen LogP contribution is -2.17. The predicted octanol–water partition coefficient (Wildman–Crippen LogP) is 2.88. The number of aliphatic hydroxyl groups excluding tert-OH is 1. The Morgan fingerprint density at radius 1 is 1.26 bits per heavy atom. The normalized spacial score (nSPS) is 10.8. The van der Waals surface area contributed by atoms with Crippen LogP contribution in [0.5, 0.6) is 0 Å². The largest absolute Gasteiger partial charge is 0.392 e. The molecule has 0 unspecified atom stereocenters. The number of nitriles is 1. The van der Waals surface area contributed by atoms with Crippen molar-refractivity contribution in [2.24, 2.45) is 0 Å². The Morgan fingerprint density at radius 2 is 1.93 bits per heavy atom. The van der Waals surface area contributed by atoms with Gasteiger partial charge in [-0.3, -0.25) is 14.9 Å². The number of benzene rings is 2. The molecule has 9 heteroatoms. The third kappa shape index (κ3) is 5.54. The maximum absolute atomic E-state index is 12.2. The highest BCUT2D eigenvalue weighted by Crippen LogP contribution is 2.27. The Hall–Kier alpha value is -3.41. The fourth-order valence-electron chi connectivity index (χ4n) is 2.09. The van der Waals surface area contributed by atoms with E-state index in [1.165, 1.54) is 18.3 Å². The minimum atomic E-state index is -0.747. The molecule has 8 nitrogen and oxygen atoms in total. The van der Waals surface area contributed by atoms with E-state index in [9.17, 15) is 14.9 Å². The van der Waals surface area contributed by atoms with Crippen molar-refractivity contribution in [3.05, 3.63) is 80.5 Å². The summed E-state index contributed by atoms with van der Waals surface area (Å²) in [5.74, 6) is -0.747. The Bertz CT molecular complexity index is 920. The van der Waals surface area contributed by atoms with Crippen LogP contribution in [-0.4, -0.2) is 15.9 Å². The van der Waals surface area contributed by atoms with E-state index in [4.69, 9.17) is 22.0 Å². The molecule has 0 aliphatic carbocycles. The molecule has 138 valence electrons. The minimum Gasteiger partial charge on any atom is -0.392 e. The van der Waals surface area contributed by atoms with Crippen LogP contribution in [0.4, 0.5) is 11.4 Å². The molecule has 2 aromatic rings. The molecule has 0 spiro atoms. The number of carbonyl (C=O) groups excluding carboxylic acids is 1. The average Bonchev–Trinajstić information content (AvgIpc) is 2.67. The summed E-state index contributed by atoms with van der Waals surface area (Å²) in [4.78, 5) is 22.4. The van der Waals surface area contributed by atoms with Crippen LogP contribution in [0.3, 0.4) is 0 Å². The number of nitrogens with zero attached hydrogens (tertiary/aromatic N) is 2. The van der Waals surface area contributed by atoms with E-state index in [-0.39, 0.29) is 28.6 Å². The van der Waals surface area contributed by atoms with E-state index in [0.717, 1.165) is 17.2 Å². The van der Waals surface area contributed by atoms with Gasteiger partial charge in [0.15, 0.2) is 0 Å². The van der Waals surface area contributed by atoms with Gasteiger partial charge in [-0.15, -0.1) is 0 Å². The van der Waals surface area contributed by atoms with E-state index in [1.807, 2.05) is 0 Å². The molecule has 3 N–H and O–H groups in total. The molecular weight excluding hydrogens is 372 g/mol. The molecule has 0 saturated carbocycles. The Morgan fingerprint density at radius 3 is 2.52 bits per heavy atom. The first-order valence-corrected chi connectivity index (χ1v) is 8.10. The smallest absolute Gasteiger partial charge is 0.271 e. The van der Waals surface area contributed by atoms with Crippen LogP contribution >= 0.6 is 11.6 Å². The van der Waals surface area contributed by atoms with Crippen molar-refractivity contribution in [1.82, 2.24) is 5.32 Å². The van der Waals surface area contributed by atoms with Crippen molar-refractivity contribution in [3.63, 3.8) is 0 Å². The Kier molecular flexibility index (Phi) is 6.88. The number of amides is 1. The van der Waals surface area contributed by atoms with Gasteiger partial charge in [-0.2, -0.15) is 5.26 Å². The molecule has 2 aromatic carbocycles. The zero-order chi connectivity index (χ0) is 19.8. The number of nitro benzene ring substituents is 1. The minimum absolute atomic E-state index is 0.0385. The maximum atomic E-state index is 12.2. The first-order valence-electron chi connectivity index (χ1n) is 7.72. The molecule has 0 saturated heterocycles. The van der Waals surface area contributed by atoms with E-state index in [0.29, 0.717) is 6.54 Å². The number of rotatable bonds is 7. The second-order valence-electron chi connectivity index (χ2n) is 5.40. The summed E-state index contributed by atoms with van der Waals surface area (Å²) in [6.07, 6.45) is 1.25. The highest BCUT2D eigenvalue weighted by Gasteiger charge is 2.14. The van der Waals surface area contributed by atoms with Gasteiger partial charge in [0.25, 0.3) is 11.6 Å². The maximum Gasteiger partial charge on any atom is 0.271 e. The molecule has 1 amide bonds. The molecule has 0 fully saturated rings. The second kappa shape index (κ2) is 9.33. The van der Waals surface area contributed by atoms with Gasteiger partial charge >= 0.3 is 0 Å². The van der Waals surface area contributed by atoms with E-state index < -0.39 is 10.8 Å². The number of halogens is 1. The van der Waals surface area contributed by atoms with Gasteiger partial charge in [0.1, 0.15) is 11.6 Å². The SMILES string of the molecule is N#C/C(=C/NCc1ccc(CO)cc1)C(=O)Nc1cc([N+](=O)[O-])ccc1Cl. The number of carbonyl (C=O) groups is 1. The van der Waals surface area contributed by atoms with Gasteiger partial charge < -0.3 is 15.7 Å². The molecule has 0 heterocycles. The average molecular weight is 387 g/mol. The summed E-state index contributed by atoms with van der Waals surface area (Å²) < 4.78 is 0. The van der Waals surface area contributed by atoms with Crippen LogP contribution in [0.2, 0.25) is 5.02 Å². The molecule has 2 rings (SSSR count). The quantitative estimate of drug-likeness (QED) is 0.290. The molecule has 0 aliphatic heterocycles. The lowest BCUT2D eigenvalue weighted by molar-refractivity contribution is -0.384. The van der Waals surface area contributed by atoms with Crippen molar-refractivity contribution in [3.8, 4) is 6.07 Å². The second-order valence-corrected chi connectivity index (χ2v) is 5.81. The van der Waals surface area contributed by atoms with E-state index in [1.54, 1.807) is 30.3 Å². The van der Waals surface area contributed by atoms with Crippen LogP contribution in [0, 0.1) is 21.4 Å². The lowest BCUT2D eigenvalue weighted by Gasteiger charge is -2.07. The first kappa shape index (κ1) is 19.9. The van der Waals surface area contributed by atoms with Crippen molar-refractivity contribution >= 4 is 28.9 Å². The lowest BCUT2D eigenvalue weighted by atomic mass is 10.1. The molecule has 0 aliphatic rings. The number of hydrogen-bond donors (Lipinski definition) is 3. The summed E-state index contributed by atoms with van der Waals surface area (Å²) >= 11 is 5.93. The zero-order valence-corrected chi connectivity index (χ0v) is 14.7. The highest BCUT2D eigenvalue weighted by molar-refractivity contribution is 6.34. The number of anilines is 1. The third-order valence-corrected chi connectivity index (χ3v) is 3.86. The summed E-state index contributed by atoms with van der Waals surface area (Å²) in [6, 6.07) is 12.5. The molecule has 27 heavy (non-hydrogen) atoms. The first-order chi connectivity index (χ1) is 12.9. The predicted molar refractivity (Wildman–Crippen MR) is 99.6 cm³/mol. The van der Waals surface area contributed by atoms with Crippen molar-refractivity contribution in [2.75, 3.05) is 5.32 Å². The van der Waals surface area contributed by atoms with E-state index in [2.05, 4.69) is 10.6 Å². The number of aliphatic hydroxyl groups is 1. The standard InChI is InChI=1S/C18H15ClN4O4/c19-16-6-5-15(23(26)27)7-17(16)22-18(25)14(8-20)10-21-9-12-1-3-13(11-24)4-2-12/h1-7,10,21,24H,9,11H2,(H,22,25)/b14-10-. The third-order valence-electron chi connectivity index (χ3n) is 3.53. The van der Waals surface area contributed by atoms with Crippen molar-refractivity contribution in [1.29, 1.82) is 5.26 Å². The fraction of sp³-hybridized carbons (Fsp3) is 0.111. The monoisotopic (exact) mass is 386 g/mol. The van der Waals surface area contributed by atoms with Crippen LogP contribution in [0.1, 0.15) is 11.1 Å². The van der Waals surface area contributed by atoms with Gasteiger partial charge in [0.2, 0.25) is 0 Å². The molecule has 0 bridgehead atoms. The Labute approximate surface area is 159 Å². The summed E-state index contributed by atoms with van der Waals surface area (Å²) in [6.45, 7) is 0.314. The van der Waals surface area contributed by atoms with Crippen LogP contribution < -0.4 is 10.6 Å². The number of non-ortho nitro benzene ring substituents is 1. The van der Waals surface area contributed by atoms with Gasteiger partial charge in [0, 0.05) is 24.9 Å². The molecule has 0 atom stereocenters. The Balaban J connectivity index is 2.04. The van der Waals surface area contributed by atoms with Crippen LogP contribution in [-0.2, 0) is 17.9 Å². The summed E-state index contributed by atoms with van der Waals surface area (Å²) in [5.41, 5.74) is 1.26. The van der Waals surface area contributed by atoms with Crippen molar-refractivity contribution in [2.45, 2.75) is 13.2 Å². The number of nitro groups is 1. The number of hydrogen-bond acceptors (Lipinski definition) is 6. The van der Waals surface area contributed by atoms with Crippen LogP contribution in [0.15, 0.2) is 54.2 Å². The van der Waals surface area contributed by atoms with Gasteiger partial charge in [0.05, 0.1) is 22.2 Å². The zero-order valence-electron chi connectivity index (χ0n) is 14.0. The molecule has 0 aromatic heterocycles. The number of nitrogens with one attached hydrogen (secondary N) is 2. The summed E-state index contributed by atoms with van der Waals surface area (Å²) in [5, 5.41) is 34.3. The molecule has 0 radical (unpaired) electrons. The summed E-state index contributed by atoms with van der Waals surface area (Å²) in [7, 11) is 0. The van der Waals surface area contributed by atoms with Crippen LogP contribution in [0.25, 0.3) is 0 Å². The van der Waals surface area contributed by atoms with Crippen molar-refractivity contribution < 1.29 is 14.8 Å². The highest BCUT2D eigenvalue weighted by atomic mass is 35.5. The molecular formula is C18H15ClN4O4. The topological polar surface area (TPSA) is 128 Å².